The number of carbonyl (C=O) groups excluding carboxylic acids is 1. The molecule has 0 heterocycles. The monoisotopic (exact) mass is 315 g/mol. The zero-order chi connectivity index (χ0) is 13.5. The molecule has 1 aromatic carbocycles. The molecule has 18 heavy (non-hydrogen) atoms. The summed E-state index contributed by atoms with van der Waals surface area (Å²) in [4.78, 5) is 13.9. The van der Waals surface area contributed by atoms with Gasteiger partial charge in [0.25, 0.3) is 0 Å². The molecule has 0 aliphatic rings. The highest BCUT2D eigenvalue weighted by atomic mass is 79.9. The molecule has 0 saturated carbocycles. The summed E-state index contributed by atoms with van der Waals surface area (Å²) in [7, 11) is 0. The minimum absolute atomic E-state index is 0.180. The van der Waals surface area contributed by atoms with E-state index in [1.54, 1.807) is 6.07 Å². The van der Waals surface area contributed by atoms with Crippen molar-refractivity contribution in [1.82, 2.24) is 5.32 Å². The van der Waals surface area contributed by atoms with Crippen LogP contribution in [0.15, 0.2) is 27.8 Å². The molecule has 0 radical (unpaired) electrons. The molecule has 0 aliphatic carbocycles. The van der Waals surface area contributed by atoms with Crippen molar-refractivity contribution in [3.05, 3.63) is 44.5 Å². The Balaban J connectivity index is 2.80. The van der Waals surface area contributed by atoms with Crippen LogP contribution < -0.4 is 11.1 Å². The number of halogens is 2. The molecule has 1 rings (SSSR count). The summed E-state index contributed by atoms with van der Waals surface area (Å²) in [5, 5.41) is 6.11. The molecule has 1 amide bonds. The van der Waals surface area contributed by atoms with Gasteiger partial charge in [-0.05, 0) is 39.2 Å². The first kappa shape index (κ1) is 14.4. The second kappa shape index (κ2) is 6.95. The van der Waals surface area contributed by atoms with Crippen LogP contribution >= 0.6 is 15.9 Å². The summed E-state index contributed by atoms with van der Waals surface area (Å²) < 4.78 is 13.7. The van der Waals surface area contributed by atoms with E-state index in [1.165, 1.54) is 12.1 Å². The Morgan fingerprint density at radius 2 is 2.39 bits per heavy atom. The molecular formula is C10H11BrFN5O. The predicted octanol–water partition coefficient (Wildman–Crippen LogP) is 2.01. The fraction of sp³-hybridized carbons (Fsp3) is 0.300. The van der Waals surface area contributed by atoms with Crippen molar-refractivity contribution in [2.75, 3.05) is 13.1 Å². The second-order valence-electron chi connectivity index (χ2n) is 3.42. The van der Waals surface area contributed by atoms with Gasteiger partial charge in [-0.2, -0.15) is 0 Å². The number of carbonyl (C=O) groups is 1. The van der Waals surface area contributed by atoms with E-state index < -0.39 is 17.8 Å². The van der Waals surface area contributed by atoms with Crippen molar-refractivity contribution in [3.63, 3.8) is 0 Å². The second-order valence-corrected chi connectivity index (χ2v) is 4.27. The van der Waals surface area contributed by atoms with E-state index in [-0.39, 0.29) is 13.1 Å². The third kappa shape index (κ3) is 3.99. The maximum absolute atomic E-state index is 13.4. The Hall–Kier alpha value is -1.63. The molecular weight excluding hydrogens is 305 g/mol. The van der Waals surface area contributed by atoms with Gasteiger partial charge in [0.1, 0.15) is 11.9 Å². The lowest BCUT2D eigenvalue weighted by molar-refractivity contribution is -0.120. The van der Waals surface area contributed by atoms with Crippen molar-refractivity contribution in [2.45, 2.75) is 6.04 Å². The summed E-state index contributed by atoms with van der Waals surface area (Å²) in [6.07, 6.45) is 0. The van der Waals surface area contributed by atoms with Crippen LogP contribution in [0.1, 0.15) is 11.6 Å². The van der Waals surface area contributed by atoms with E-state index in [1.807, 2.05) is 0 Å². The Kier molecular flexibility index (Phi) is 5.57. The van der Waals surface area contributed by atoms with Crippen molar-refractivity contribution in [2.24, 2.45) is 10.8 Å². The van der Waals surface area contributed by atoms with E-state index in [2.05, 4.69) is 31.3 Å². The molecule has 6 nitrogen and oxygen atoms in total. The lowest BCUT2D eigenvalue weighted by Gasteiger charge is -2.15. The van der Waals surface area contributed by atoms with Gasteiger partial charge in [0.05, 0.1) is 4.47 Å². The molecule has 3 N–H and O–H groups in total. The van der Waals surface area contributed by atoms with Crippen LogP contribution in [0.25, 0.3) is 10.4 Å². The number of azide groups is 1. The van der Waals surface area contributed by atoms with Crippen LogP contribution in [0.4, 0.5) is 4.39 Å². The molecule has 1 unspecified atom stereocenters. The first-order chi connectivity index (χ1) is 8.56. The highest BCUT2D eigenvalue weighted by Crippen LogP contribution is 2.20. The molecule has 0 spiro atoms. The predicted molar refractivity (Wildman–Crippen MR) is 68.1 cm³/mol. The van der Waals surface area contributed by atoms with Gasteiger partial charge in [-0.3, -0.25) is 4.79 Å². The molecule has 8 heteroatoms. The number of benzene rings is 1. The SMILES string of the molecule is [N-]=[N+]=NCCNC(C(N)=O)c1ccc(Br)c(F)c1. The highest BCUT2D eigenvalue weighted by Gasteiger charge is 2.17. The van der Waals surface area contributed by atoms with E-state index in [0.29, 0.717) is 10.0 Å². The van der Waals surface area contributed by atoms with Crippen LogP contribution in [0.2, 0.25) is 0 Å². The van der Waals surface area contributed by atoms with E-state index in [0.717, 1.165) is 0 Å². The minimum Gasteiger partial charge on any atom is -0.368 e. The Morgan fingerprint density at radius 1 is 1.67 bits per heavy atom. The smallest absolute Gasteiger partial charge is 0.239 e. The molecule has 0 aromatic heterocycles. The summed E-state index contributed by atoms with van der Waals surface area (Å²) in [6.45, 7) is 0.453. The number of primary amides is 1. The number of hydrogen-bond acceptors (Lipinski definition) is 3. The van der Waals surface area contributed by atoms with Crippen LogP contribution in [0, 0.1) is 5.82 Å². The fourth-order valence-electron chi connectivity index (χ4n) is 1.38. The standard InChI is InChI=1S/C10H11BrFN5O/c11-7-2-1-6(5-8(7)12)9(10(13)18)15-3-4-16-17-14/h1-2,5,9,15H,3-4H2,(H2,13,18). The van der Waals surface area contributed by atoms with E-state index in [4.69, 9.17) is 11.3 Å². The lowest BCUT2D eigenvalue weighted by atomic mass is 10.1. The zero-order valence-corrected chi connectivity index (χ0v) is 10.9. The maximum Gasteiger partial charge on any atom is 0.239 e. The molecule has 1 aromatic rings. The summed E-state index contributed by atoms with van der Waals surface area (Å²) in [5.74, 6) is -1.10. The van der Waals surface area contributed by atoms with Gasteiger partial charge in [0.15, 0.2) is 0 Å². The molecule has 0 fully saturated rings. The van der Waals surface area contributed by atoms with Gasteiger partial charge in [0.2, 0.25) is 5.91 Å². The largest absolute Gasteiger partial charge is 0.368 e. The van der Waals surface area contributed by atoms with Gasteiger partial charge in [-0.15, -0.1) is 0 Å². The van der Waals surface area contributed by atoms with Gasteiger partial charge < -0.3 is 11.1 Å². The van der Waals surface area contributed by atoms with E-state index in [9.17, 15) is 9.18 Å². The molecule has 1 atom stereocenters. The average molecular weight is 316 g/mol. The van der Waals surface area contributed by atoms with Crippen molar-refractivity contribution in [1.29, 1.82) is 0 Å². The third-order valence-corrected chi connectivity index (χ3v) is 2.83. The van der Waals surface area contributed by atoms with Gasteiger partial charge in [-0.25, -0.2) is 4.39 Å². The van der Waals surface area contributed by atoms with Crippen molar-refractivity contribution < 1.29 is 9.18 Å². The van der Waals surface area contributed by atoms with Crippen LogP contribution in [0.5, 0.6) is 0 Å². The minimum atomic E-state index is -0.818. The number of amides is 1. The number of hydrogen-bond donors (Lipinski definition) is 2. The number of nitrogens with two attached hydrogens (primary N) is 1. The zero-order valence-electron chi connectivity index (χ0n) is 9.31. The molecule has 0 aliphatic heterocycles. The van der Waals surface area contributed by atoms with E-state index >= 15 is 0 Å². The topological polar surface area (TPSA) is 104 Å². The normalized spacial score (nSPS) is 11.7. The highest BCUT2D eigenvalue weighted by molar-refractivity contribution is 9.10. The third-order valence-electron chi connectivity index (χ3n) is 2.19. The lowest BCUT2D eigenvalue weighted by Crippen LogP contribution is -2.35. The van der Waals surface area contributed by atoms with Gasteiger partial charge in [-0.1, -0.05) is 11.2 Å². The summed E-state index contributed by atoms with van der Waals surface area (Å²) in [5.41, 5.74) is 13.8. The molecule has 0 saturated heterocycles. The maximum atomic E-state index is 13.4. The first-order valence-corrected chi connectivity index (χ1v) is 5.84. The number of nitrogens with one attached hydrogen (secondary N) is 1. The van der Waals surface area contributed by atoms with Crippen molar-refractivity contribution in [3.8, 4) is 0 Å². The first-order valence-electron chi connectivity index (χ1n) is 5.04. The quantitative estimate of drug-likeness (QED) is 0.363. The molecule has 0 bridgehead atoms. The van der Waals surface area contributed by atoms with Crippen molar-refractivity contribution >= 4 is 21.8 Å². The summed E-state index contributed by atoms with van der Waals surface area (Å²) in [6, 6.07) is 3.49. The Morgan fingerprint density at radius 3 is 2.94 bits per heavy atom. The van der Waals surface area contributed by atoms with Gasteiger partial charge >= 0.3 is 0 Å². The number of nitrogens with zero attached hydrogens (tertiary/aromatic N) is 3. The summed E-state index contributed by atoms with van der Waals surface area (Å²) >= 11 is 3.02. The Labute approximate surface area is 111 Å². The van der Waals surface area contributed by atoms with Gasteiger partial charge in [0, 0.05) is 18.0 Å². The average Bonchev–Trinajstić information content (AvgIpc) is 2.32. The number of rotatable bonds is 6. The molecule has 96 valence electrons. The van der Waals surface area contributed by atoms with Crippen LogP contribution in [-0.4, -0.2) is 19.0 Å². The van der Waals surface area contributed by atoms with Crippen LogP contribution in [-0.2, 0) is 4.79 Å². The van der Waals surface area contributed by atoms with Crippen LogP contribution in [0.3, 0.4) is 0 Å². The Bertz CT molecular complexity index is 489. The fourth-order valence-corrected chi connectivity index (χ4v) is 1.62.